The molecule has 0 atom stereocenters. The Morgan fingerprint density at radius 2 is 2.07 bits per heavy atom. The first-order valence-electron chi connectivity index (χ1n) is 5.35. The Morgan fingerprint density at radius 3 is 2.60 bits per heavy atom. The van der Waals surface area contributed by atoms with Crippen LogP contribution < -0.4 is 5.32 Å². The van der Waals surface area contributed by atoms with Crippen molar-refractivity contribution >= 4 is 17.4 Å². The van der Waals surface area contributed by atoms with E-state index in [0.717, 1.165) is 23.6 Å². The van der Waals surface area contributed by atoms with Crippen LogP contribution in [-0.2, 0) is 6.42 Å². The molecule has 3 nitrogen and oxygen atoms in total. The SMILES string of the molecule is CCc1nc(Cl)c(C)c(NC2(C)CC2)n1. The Bertz CT molecular complexity index is 386. The highest BCUT2D eigenvalue weighted by Crippen LogP contribution is 2.38. The van der Waals surface area contributed by atoms with Crippen molar-refractivity contribution in [1.29, 1.82) is 0 Å². The summed E-state index contributed by atoms with van der Waals surface area (Å²) >= 11 is 6.06. The van der Waals surface area contributed by atoms with Crippen molar-refractivity contribution in [1.82, 2.24) is 9.97 Å². The van der Waals surface area contributed by atoms with Crippen LogP contribution in [0.4, 0.5) is 5.82 Å². The summed E-state index contributed by atoms with van der Waals surface area (Å²) in [6.45, 7) is 6.19. The standard InChI is InChI=1S/C11H16ClN3/c1-4-8-13-9(12)7(2)10(14-8)15-11(3)5-6-11/h4-6H2,1-3H3,(H,13,14,15). The average Bonchev–Trinajstić information content (AvgIpc) is 2.91. The summed E-state index contributed by atoms with van der Waals surface area (Å²) in [7, 11) is 0. The molecule has 1 aliphatic rings. The summed E-state index contributed by atoms with van der Waals surface area (Å²) in [5.41, 5.74) is 1.18. The van der Waals surface area contributed by atoms with E-state index >= 15 is 0 Å². The van der Waals surface area contributed by atoms with Crippen LogP contribution in [0.1, 0.15) is 38.1 Å². The molecular weight excluding hydrogens is 210 g/mol. The van der Waals surface area contributed by atoms with Crippen molar-refractivity contribution in [2.75, 3.05) is 5.32 Å². The third kappa shape index (κ3) is 2.23. The Hall–Kier alpha value is -0.830. The monoisotopic (exact) mass is 225 g/mol. The third-order valence-electron chi connectivity index (χ3n) is 2.87. The summed E-state index contributed by atoms with van der Waals surface area (Å²) in [6, 6.07) is 0. The number of aryl methyl sites for hydroxylation is 1. The van der Waals surface area contributed by atoms with Crippen molar-refractivity contribution in [3.8, 4) is 0 Å². The van der Waals surface area contributed by atoms with E-state index in [1.807, 2.05) is 13.8 Å². The molecule has 0 unspecified atom stereocenters. The molecule has 0 spiro atoms. The molecule has 4 heteroatoms. The highest BCUT2D eigenvalue weighted by Gasteiger charge is 2.37. The second-order valence-electron chi connectivity index (χ2n) is 4.44. The van der Waals surface area contributed by atoms with Crippen molar-refractivity contribution in [3.05, 3.63) is 16.5 Å². The maximum atomic E-state index is 6.06. The van der Waals surface area contributed by atoms with Gasteiger partial charge in [0.05, 0.1) is 0 Å². The summed E-state index contributed by atoms with van der Waals surface area (Å²) in [5, 5.41) is 4.00. The number of rotatable bonds is 3. The molecule has 1 aromatic heterocycles. The van der Waals surface area contributed by atoms with Crippen LogP contribution in [0, 0.1) is 6.92 Å². The molecule has 0 aromatic carbocycles. The molecule has 0 amide bonds. The van der Waals surface area contributed by atoms with Gasteiger partial charge in [-0.3, -0.25) is 0 Å². The van der Waals surface area contributed by atoms with Crippen LogP contribution in [0.25, 0.3) is 0 Å². The zero-order valence-electron chi connectivity index (χ0n) is 9.39. The first-order valence-corrected chi connectivity index (χ1v) is 5.73. The van der Waals surface area contributed by atoms with Gasteiger partial charge in [-0.2, -0.15) is 0 Å². The molecule has 1 N–H and O–H groups in total. The average molecular weight is 226 g/mol. The lowest BCUT2D eigenvalue weighted by Gasteiger charge is -2.15. The fourth-order valence-electron chi connectivity index (χ4n) is 1.41. The van der Waals surface area contributed by atoms with E-state index in [2.05, 4.69) is 22.2 Å². The number of nitrogens with one attached hydrogen (secondary N) is 1. The predicted octanol–water partition coefficient (Wildman–Crippen LogP) is 2.97. The number of nitrogens with zero attached hydrogens (tertiary/aromatic N) is 2. The van der Waals surface area contributed by atoms with E-state index in [0.29, 0.717) is 5.15 Å². The topological polar surface area (TPSA) is 37.8 Å². The van der Waals surface area contributed by atoms with E-state index in [1.165, 1.54) is 12.8 Å². The number of aromatic nitrogens is 2. The fraction of sp³-hybridized carbons (Fsp3) is 0.636. The Labute approximate surface area is 95.3 Å². The van der Waals surface area contributed by atoms with Gasteiger partial charge < -0.3 is 5.32 Å². The molecule has 15 heavy (non-hydrogen) atoms. The van der Waals surface area contributed by atoms with E-state index in [1.54, 1.807) is 0 Å². The number of hydrogen-bond acceptors (Lipinski definition) is 3. The van der Waals surface area contributed by atoms with Crippen LogP contribution in [-0.4, -0.2) is 15.5 Å². The van der Waals surface area contributed by atoms with E-state index in [4.69, 9.17) is 11.6 Å². The van der Waals surface area contributed by atoms with Crippen molar-refractivity contribution in [3.63, 3.8) is 0 Å². The number of halogens is 1. The molecule has 0 radical (unpaired) electrons. The second kappa shape index (κ2) is 3.63. The van der Waals surface area contributed by atoms with Crippen molar-refractivity contribution in [2.24, 2.45) is 0 Å². The van der Waals surface area contributed by atoms with Gasteiger partial charge >= 0.3 is 0 Å². The first kappa shape index (κ1) is 10.7. The molecule has 1 aromatic rings. The Balaban J connectivity index is 2.31. The molecule has 1 fully saturated rings. The van der Waals surface area contributed by atoms with Gasteiger partial charge in [0, 0.05) is 17.5 Å². The van der Waals surface area contributed by atoms with Crippen molar-refractivity contribution in [2.45, 2.75) is 45.6 Å². The van der Waals surface area contributed by atoms with Gasteiger partial charge in [0.1, 0.15) is 16.8 Å². The molecule has 1 heterocycles. The Kier molecular flexibility index (Phi) is 2.59. The largest absolute Gasteiger partial charge is 0.365 e. The molecule has 1 saturated carbocycles. The van der Waals surface area contributed by atoms with Gasteiger partial charge in [0.15, 0.2) is 0 Å². The van der Waals surface area contributed by atoms with Gasteiger partial charge in [0.25, 0.3) is 0 Å². The second-order valence-corrected chi connectivity index (χ2v) is 4.80. The van der Waals surface area contributed by atoms with Crippen molar-refractivity contribution < 1.29 is 0 Å². The zero-order chi connectivity index (χ0) is 11.1. The third-order valence-corrected chi connectivity index (χ3v) is 3.24. The first-order chi connectivity index (χ1) is 7.04. The predicted molar refractivity (Wildman–Crippen MR) is 62.4 cm³/mol. The molecule has 2 rings (SSSR count). The fourth-order valence-corrected chi connectivity index (χ4v) is 1.60. The molecule has 0 bridgehead atoms. The maximum absolute atomic E-state index is 6.06. The number of anilines is 1. The van der Waals surface area contributed by atoms with Crippen LogP contribution in [0.5, 0.6) is 0 Å². The molecule has 0 aliphatic heterocycles. The summed E-state index contributed by atoms with van der Waals surface area (Å²) in [6.07, 6.45) is 3.22. The lowest BCUT2D eigenvalue weighted by Crippen LogP contribution is -2.18. The summed E-state index contributed by atoms with van der Waals surface area (Å²) in [5.74, 6) is 1.70. The minimum Gasteiger partial charge on any atom is -0.365 e. The molecular formula is C11H16ClN3. The minimum atomic E-state index is 0.230. The van der Waals surface area contributed by atoms with Gasteiger partial charge in [-0.05, 0) is 26.7 Å². The van der Waals surface area contributed by atoms with Crippen LogP contribution in [0.3, 0.4) is 0 Å². The normalized spacial score (nSPS) is 17.6. The highest BCUT2D eigenvalue weighted by atomic mass is 35.5. The van der Waals surface area contributed by atoms with Gasteiger partial charge in [-0.25, -0.2) is 9.97 Å². The molecule has 82 valence electrons. The maximum Gasteiger partial charge on any atom is 0.137 e. The van der Waals surface area contributed by atoms with Gasteiger partial charge in [0.2, 0.25) is 0 Å². The summed E-state index contributed by atoms with van der Waals surface area (Å²) in [4.78, 5) is 8.69. The van der Waals surface area contributed by atoms with Gasteiger partial charge in [-0.1, -0.05) is 18.5 Å². The van der Waals surface area contributed by atoms with Crippen LogP contribution in [0.15, 0.2) is 0 Å². The highest BCUT2D eigenvalue weighted by molar-refractivity contribution is 6.30. The van der Waals surface area contributed by atoms with E-state index in [9.17, 15) is 0 Å². The lowest BCUT2D eigenvalue weighted by atomic mass is 10.2. The summed E-state index contributed by atoms with van der Waals surface area (Å²) < 4.78 is 0. The smallest absolute Gasteiger partial charge is 0.137 e. The van der Waals surface area contributed by atoms with E-state index < -0.39 is 0 Å². The van der Waals surface area contributed by atoms with Crippen LogP contribution >= 0.6 is 11.6 Å². The Morgan fingerprint density at radius 1 is 1.40 bits per heavy atom. The van der Waals surface area contributed by atoms with Crippen LogP contribution in [0.2, 0.25) is 5.15 Å². The van der Waals surface area contributed by atoms with E-state index in [-0.39, 0.29) is 5.54 Å². The zero-order valence-corrected chi connectivity index (χ0v) is 10.1. The molecule has 0 saturated heterocycles. The lowest BCUT2D eigenvalue weighted by molar-refractivity contribution is 0.807. The quantitative estimate of drug-likeness (QED) is 0.804. The number of hydrogen-bond donors (Lipinski definition) is 1. The van der Waals surface area contributed by atoms with Gasteiger partial charge in [-0.15, -0.1) is 0 Å². The molecule has 1 aliphatic carbocycles. The minimum absolute atomic E-state index is 0.230.